The van der Waals surface area contributed by atoms with Crippen LogP contribution in [0.15, 0.2) is 23.0 Å². The molecular weight excluding hydrogens is 244 g/mol. The fourth-order valence-corrected chi connectivity index (χ4v) is 2.07. The number of carbonyl (C=O) groups is 2. The van der Waals surface area contributed by atoms with Crippen molar-refractivity contribution >= 4 is 11.6 Å². The van der Waals surface area contributed by atoms with E-state index in [2.05, 4.69) is 0 Å². The van der Waals surface area contributed by atoms with Crippen LogP contribution in [0.1, 0.15) is 40.5 Å². The molecule has 0 aromatic rings. The predicted molar refractivity (Wildman–Crippen MR) is 72.7 cm³/mol. The standard InChI is InChI=1S/C15H22O4/c1-5-9(4)12(16)11-13(17)10(7-6-8(2)3)14(18)15(11)19/h6,9-10,14,16,18H,5,7H2,1-4H3/b12-11+. The number of allylic oxidation sites excluding steroid dienone is 3. The third-order valence-corrected chi connectivity index (χ3v) is 3.59. The summed E-state index contributed by atoms with van der Waals surface area (Å²) in [6, 6.07) is 0. The van der Waals surface area contributed by atoms with Gasteiger partial charge in [0.05, 0.1) is 5.92 Å². The highest BCUT2D eigenvalue weighted by Gasteiger charge is 2.46. The van der Waals surface area contributed by atoms with E-state index in [9.17, 15) is 19.8 Å². The summed E-state index contributed by atoms with van der Waals surface area (Å²) in [5.74, 6) is -2.28. The number of ketones is 2. The van der Waals surface area contributed by atoms with Crippen LogP contribution >= 0.6 is 0 Å². The van der Waals surface area contributed by atoms with Crippen LogP contribution in [0.3, 0.4) is 0 Å². The van der Waals surface area contributed by atoms with Crippen molar-refractivity contribution in [3.8, 4) is 0 Å². The minimum Gasteiger partial charge on any atom is -0.511 e. The third kappa shape index (κ3) is 3.13. The molecule has 1 rings (SSSR count). The lowest BCUT2D eigenvalue weighted by Crippen LogP contribution is -2.22. The molecule has 106 valence electrons. The highest BCUT2D eigenvalue weighted by atomic mass is 16.3. The van der Waals surface area contributed by atoms with Gasteiger partial charge in [-0.15, -0.1) is 0 Å². The third-order valence-electron chi connectivity index (χ3n) is 3.59. The van der Waals surface area contributed by atoms with Crippen LogP contribution in [-0.2, 0) is 9.59 Å². The van der Waals surface area contributed by atoms with E-state index in [4.69, 9.17) is 0 Å². The lowest BCUT2D eigenvalue weighted by Gasteiger charge is -2.09. The van der Waals surface area contributed by atoms with Gasteiger partial charge in [0.15, 0.2) is 11.6 Å². The number of Topliss-reactive ketones (excluding diaryl/α,β-unsaturated/α-hetero) is 2. The van der Waals surface area contributed by atoms with Crippen molar-refractivity contribution in [2.24, 2.45) is 11.8 Å². The zero-order valence-electron chi connectivity index (χ0n) is 11.9. The molecule has 2 N–H and O–H groups in total. The molecule has 0 radical (unpaired) electrons. The minimum absolute atomic E-state index is 0.184. The van der Waals surface area contributed by atoms with E-state index in [1.807, 2.05) is 26.8 Å². The van der Waals surface area contributed by atoms with Gasteiger partial charge >= 0.3 is 0 Å². The summed E-state index contributed by atoms with van der Waals surface area (Å²) in [5, 5.41) is 19.9. The molecule has 0 saturated heterocycles. The first-order chi connectivity index (χ1) is 8.81. The van der Waals surface area contributed by atoms with E-state index in [0.717, 1.165) is 5.57 Å². The molecule has 0 heterocycles. The van der Waals surface area contributed by atoms with E-state index in [1.165, 1.54) is 0 Å². The summed E-state index contributed by atoms with van der Waals surface area (Å²) >= 11 is 0. The van der Waals surface area contributed by atoms with Gasteiger partial charge in [0, 0.05) is 5.92 Å². The number of carbonyl (C=O) groups excluding carboxylic acids is 2. The van der Waals surface area contributed by atoms with Crippen LogP contribution in [0.25, 0.3) is 0 Å². The Kier molecular flexibility index (Phi) is 5.06. The molecule has 0 aliphatic heterocycles. The van der Waals surface area contributed by atoms with E-state index < -0.39 is 23.6 Å². The maximum Gasteiger partial charge on any atom is 0.199 e. The molecule has 1 fully saturated rings. The summed E-state index contributed by atoms with van der Waals surface area (Å²) in [6.45, 7) is 7.39. The molecular formula is C15H22O4. The lowest BCUT2D eigenvalue weighted by atomic mass is 9.97. The summed E-state index contributed by atoms with van der Waals surface area (Å²) in [6.07, 6.45) is 1.45. The van der Waals surface area contributed by atoms with Gasteiger partial charge in [-0.05, 0) is 26.7 Å². The normalized spacial score (nSPS) is 27.4. The number of hydrogen-bond donors (Lipinski definition) is 2. The van der Waals surface area contributed by atoms with E-state index in [0.29, 0.717) is 12.8 Å². The first-order valence-corrected chi connectivity index (χ1v) is 6.64. The van der Waals surface area contributed by atoms with Crippen LogP contribution in [0.2, 0.25) is 0 Å². The van der Waals surface area contributed by atoms with E-state index >= 15 is 0 Å². The molecule has 0 spiro atoms. The topological polar surface area (TPSA) is 74.6 Å². The molecule has 1 aliphatic rings. The fourth-order valence-electron chi connectivity index (χ4n) is 2.07. The van der Waals surface area contributed by atoms with Crippen LogP contribution in [0, 0.1) is 11.8 Å². The Morgan fingerprint density at radius 2 is 1.89 bits per heavy atom. The summed E-state index contributed by atoms with van der Waals surface area (Å²) in [7, 11) is 0. The van der Waals surface area contributed by atoms with E-state index in [-0.39, 0.29) is 17.3 Å². The summed E-state index contributed by atoms with van der Waals surface area (Å²) in [4.78, 5) is 24.1. The largest absolute Gasteiger partial charge is 0.511 e. The number of rotatable bonds is 4. The van der Waals surface area contributed by atoms with Gasteiger partial charge in [-0.3, -0.25) is 9.59 Å². The second-order valence-electron chi connectivity index (χ2n) is 5.37. The van der Waals surface area contributed by atoms with E-state index in [1.54, 1.807) is 6.92 Å². The molecule has 4 heteroatoms. The van der Waals surface area contributed by atoms with Gasteiger partial charge in [-0.2, -0.15) is 0 Å². The molecule has 0 bridgehead atoms. The second kappa shape index (κ2) is 6.15. The monoisotopic (exact) mass is 266 g/mol. The zero-order chi connectivity index (χ0) is 14.7. The van der Waals surface area contributed by atoms with Crippen molar-refractivity contribution in [1.29, 1.82) is 0 Å². The number of aliphatic hydroxyl groups is 2. The van der Waals surface area contributed by atoms with Crippen LogP contribution in [-0.4, -0.2) is 27.9 Å². The molecule has 1 aliphatic carbocycles. The predicted octanol–water partition coefficient (Wildman–Crippen LogP) is 2.33. The van der Waals surface area contributed by atoms with Crippen molar-refractivity contribution in [3.63, 3.8) is 0 Å². The Bertz CT molecular complexity index is 441. The first-order valence-electron chi connectivity index (χ1n) is 6.64. The highest BCUT2D eigenvalue weighted by Crippen LogP contribution is 2.31. The van der Waals surface area contributed by atoms with Crippen LogP contribution in [0.5, 0.6) is 0 Å². The molecule has 1 saturated carbocycles. The molecule has 0 aromatic carbocycles. The smallest absolute Gasteiger partial charge is 0.199 e. The van der Waals surface area contributed by atoms with Gasteiger partial charge in [0.25, 0.3) is 0 Å². The number of aliphatic hydroxyl groups excluding tert-OH is 2. The Hall–Kier alpha value is -1.42. The molecule has 4 nitrogen and oxygen atoms in total. The summed E-state index contributed by atoms with van der Waals surface area (Å²) < 4.78 is 0. The van der Waals surface area contributed by atoms with Gasteiger partial charge in [0.2, 0.25) is 0 Å². The highest BCUT2D eigenvalue weighted by molar-refractivity contribution is 6.28. The molecule has 0 aromatic heterocycles. The minimum atomic E-state index is -1.33. The Labute approximate surface area is 113 Å². The molecule has 3 atom stereocenters. The van der Waals surface area contributed by atoms with Gasteiger partial charge < -0.3 is 10.2 Å². The Balaban J connectivity index is 3.09. The maximum atomic E-state index is 12.2. The van der Waals surface area contributed by atoms with Crippen molar-refractivity contribution in [3.05, 3.63) is 23.0 Å². The quantitative estimate of drug-likeness (QED) is 0.354. The van der Waals surface area contributed by atoms with Crippen LogP contribution < -0.4 is 0 Å². The average molecular weight is 266 g/mol. The zero-order valence-corrected chi connectivity index (χ0v) is 11.9. The maximum absolute atomic E-state index is 12.2. The fraction of sp³-hybridized carbons (Fsp3) is 0.600. The van der Waals surface area contributed by atoms with Gasteiger partial charge in [-0.25, -0.2) is 0 Å². The molecule has 0 amide bonds. The van der Waals surface area contributed by atoms with Crippen LogP contribution in [0.4, 0.5) is 0 Å². The lowest BCUT2D eigenvalue weighted by molar-refractivity contribution is -0.124. The van der Waals surface area contributed by atoms with Crippen molar-refractivity contribution in [2.45, 2.75) is 46.6 Å². The molecule has 3 unspecified atom stereocenters. The van der Waals surface area contributed by atoms with Crippen molar-refractivity contribution in [1.82, 2.24) is 0 Å². The van der Waals surface area contributed by atoms with Crippen molar-refractivity contribution in [2.75, 3.05) is 0 Å². The number of hydrogen-bond acceptors (Lipinski definition) is 4. The molecule has 19 heavy (non-hydrogen) atoms. The van der Waals surface area contributed by atoms with Gasteiger partial charge in [-0.1, -0.05) is 25.5 Å². The SMILES string of the molecule is CCC(C)/C(O)=C1\C(=O)C(O)C(CC=C(C)C)C1=O. The Morgan fingerprint density at radius 1 is 1.32 bits per heavy atom. The average Bonchev–Trinajstić information content (AvgIpc) is 2.56. The van der Waals surface area contributed by atoms with Crippen molar-refractivity contribution < 1.29 is 19.8 Å². The van der Waals surface area contributed by atoms with Gasteiger partial charge in [0.1, 0.15) is 17.4 Å². The first kappa shape index (κ1) is 15.6. The Morgan fingerprint density at radius 3 is 2.37 bits per heavy atom. The second-order valence-corrected chi connectivity index (χ2v) is 5.37. The summed E-state index contributed by atoms with van der Waals surface area (Å²) in [5.41, 5.74) is 0.824.